The van der Waals surface area contributed by atoms with E-state index in [2.05, 4.69) is 10.2 Å². The van der Waals surface area contributed by atoms with Gasteiger partial charge in [0.2, 0.25) is 23.2 Å². The highest BCUT2D eigenvalue weighted by Gasteiger charge is 2.36. The fourth-order valence-corrected chi connectivity index (χ4v) is 5.38. The Labute approximate surface area is 246 Å². The molecule has 2 aromatic heterocycles. The summed E-state index contributed by atoms with van der Waals surface area (Å²) in [5.74, 6) is 1.22. The number of thioether (sulfide) groups is 1. The van der Waals surface area contributed by atoms with Gasteiger partial charge in [-0.2, -0.15) is 4.98 Å². The number of furan rings is 1. The average molecular weight is 579 g/mol. The van der Waals surface area contributed by atoms with Crippen molar-refractivity contribution in [2.45, 2.75) is 31.0 Å². The molecule has 1 unspecified atom stereocenters. The Morgan fingerprint density at radius 1 is 0.929 bits per heavy atom. The summed E-state index contributed by atoms with van der Waals surface area (Å²) in [4.78, 5) is 31.4. The van der Waals surface area contributed by atoms with Crippen molar-refractivity contribution in [3.8, 4) is 28.5 Å². The van der Waals surface area contributed by atoms with Gasteiger partial charge in [0.25, 0.3) is 0 Å². The molecule has 10 heteroatoms. The molecule has 0 N–H and O–H groups in total. The number of amides is 1. The Balaban J connectivity index is 1.35. The molecule has 0 saturated heterocycles. The predicted octanol–water partition coefficient (Wildman–Crippen LogP) is 6.71. The highest BCUT2D eigenvalue weighted by molar-refractivity contribution is 7.98. The molecule has 3 heterocycles. The zero-order chi connectivity index (χ0) is 29.1. The lowest BCUT2D eigenvalue weighted by Crippen LogP contribution is -2.35. The number of aromatic nitrogens is 3. The molecule has 42 heavy (non-hydrogen) atoms. The first kappa shape index (κ1) is 27.2. The first-order chi connectivity index (χ1) is 20.5. The van der Waals surface area contributed by atoms with Gasteiger partial charge in [0.05, 0.1) is 17.9 Å². The van der Waals surface area contributed by atoms with Gasteiger partial charge in [-0.3, -0.25) is 9.69 Å². The second-order valence-electron chi connectivity index (χ2n) is 9.40. The second kappa shape index (κ2) is 11.9. The molecule has 0 fully saturated rings. The molecule has 1 aliphatic heterocycles. The summed E-state index contributed by atoms with van der Waals surface area (Å²) in [5, 5.41) is 9.28. The Morgan fingerprint density at radius 2 is 1.69 bits per heavy atom. The third kappa shape index (κ3) is 5.48. The summed E-state index contributed by atoms with van der Waals surface area (Å²) in [6, 6.07) is 27.9. The fourth-order valence-electron chi connectivity index (χ4n) is 4.65. The van der Waals surface area contributed by atoms with Gasteiger partial charge in [-0.25, -0.2) is 4.79 Å². The summed E-state index contributed by atoms with van der Waals surface area (Å²) < 4.78 is 17.8. The molecule has 210 valence electrons. The number of anilines is 1. The third-order valence-corrected chi connectivity index (χ3v) is 7.52. The van der Waals surface area contributed by atoms with Crippen molar-refractivity contribution in [1.29, 1.82) is 0 Å². The number of para-hydroxylation sites is 1. The van der Waals surface area contributed by atoms with E-state index in [-0.39, 0.29) is 17.8 Å². The number of nitrogens with zero attached hydrogens (tertiary/aromatic N) is 4. The van der Waals surface area contributed by atoms with E-state index in [4.69, 9.17) is 18.9 Å². The van der Waals surface area contributed by atoms with Crippen LogP contribution in [0.2, 0.25) is 0 Å². The normalized spacial score (nSPS) is 13.9. The van der Waals surface area contributed by atoms with Gasteiger partial charge in [-0.1, -0.05) is 72.4 Å². The maximum absolute atomic E-state index is 13.1. The van der Waals surface area contributed by atoms with Crippen molar-refractivity contribution >= 4 is 29.3 Å². The van der Waals surface area contributed by atoms with Crippen LogP contribution in [0.15, 0.2) is 101 Å². The van der Waals surface area contributed by atoms with Gasteiger partial charge >= 0.3 is 5.97 Å². The van der Waals surface area contributed by atoms with Crippen molar-refractivity contribution in [2.75, 3.05) is 11.5 Å². The lowest BCUT2D eigenvalue weighted by molar-refractivity contribution is -0.118. The summed E-state index contributed by atoms with van der Waals surface area (Å²) in [6.45, 7) is 3.54. The van der Waals surface area contributed by atoms with Crippen LogP contribution in [0.3, 0.4) is 0 Å². The molecule has 9 nitrogen and oxygen atoms in total. The topological polar surface area (TPSA) is 108 Å². The summed E-state index contributed by atoms with van der Waals surface area (Å²) in [6.07, 6.45) is -0.957. The van der Waals surface area contributed by atoms with Crippen molar-refractivity contribution in [3.63, 3.8) is 0 Å². The monoisotopic (exact) mass is 578 g/mol. The van der Waals surface area contributed by atoms with Crippen LogP contribution in [0.4, 0.5) is 5.69 Å². The van der Waals surface area contributed by atoms with E-state index in [1.165, 1.54) is 23.6 Å². The molecule has 0 saturated carbocycles. The Kier molecular flexibility index (Phi) is 7.70. The minimum atomic E-state index is -0.957. The van der Waals surface area contributed by atoms with Gasteiger partial charge in [-0.15, -0.1) is 10.2 Å². The Hall–Kier alpha value is -4.96. The minimum absolute atomic E-state index is 0.247. The zero-order valence-corrected chi connectivity index (χ0v) is 23.7. The number of hydrogen-bond donors (Lipinski definition) is 0. The summed E-state index contributed by atoms with van der Waals surface area (Å²) in [7, 11) is 0. The molecule has 1 atom stereocenters. The highest BCUT2D eigenvalue weighted by atomic mass is 32.2. The largest absolute Gasteiger partial charge is 0.462 e. The van der Waals surface area contributed by atoms with Gasteiger partial charge in [0.1, 0.15) is 5.76 Å². The lowest BCUT2D eigenvalue weighted by Gasteiger charge is -2.28. The maximum atomic E-state index is 13.1. The molecule has 0 aliphatic carbocycles. The van der Waals surface area contributed by atoms with Crippen LogP contribution in [0.5, 0.6) is 5.88 Å². The Morgan fingerprint density at radius 3 is 2.45 bits per heavy atom. The molecule has 3 aromatic carbocycles. The maximum Gasteiger partial charge on any atom is 0.338 e. The molecule has 6 rings (SSSR count). The summed E-state index contributed by atoms with van der Waals surface area (Å²) >= 11 is 1.44. The molecule has 0 radical (unpaired) electrons. The highest BCUT2D eigenvalue weighted by Crippen LogP contribution is 2.44. The zero-order valence-electron chi connectivity index (χ0n) is 22.9. The lowest BCUT2D eigenvalue weighted by atomic mass is 10.1. The van der Waals surface area contributed by atoms with Crippen LogP contribution in [-0.2, 0) is 15.3 Å². The smallest absolute Gasteiger partial charge is 0.338 e. The number of fused-ring (bicyclic) bond motifs is 3. The molecule has 5 aromatic rings. The van der Waals surface area contributed by atoms with Crippen LogP contribution < -0.4 is 9.64 Å². The van der Waals surface area contributed by atoms with Crippen molar-refractivity contribution < 1.29 is 23.5 Å². The molecule has 0 spiro atoms. The predicted molar refractivity (Wildman–Crippen MR) is 158 cm³/mol. The SMILES string of the molecule is CCOC(=O)c1ccc(-c2ccc(C3Oc4nc(SCc5ccccc5)nnc4-c4ccccc4N3C(C)=O)o2)cc1. The van der Waals surface area contributed by atoms with Gasteiger partial charge in [0, 0.05) is 23.8 Å². The number of rotatable bonds is 7. The molecular formula is C32H26N4O5S. The molecule has 1 aliphatic rings. The van der Waals surface area contributed by atoms with E-state index in [1.54, 1.807) is 43.3 Å². The van der Waals surface area contributed by atoms with Crippen LogP contribution in [-0.4, -0.2) is 33.7 Å². The van der Waals surface area contributed by atoms with Crippen molar-refractivity contribution in [2.24, 2.45) is 0 Å². The van der Waals surface area contributed by atoms with E-state index in [0.717, 1.165) is 11.1 Å². The van der Waals surface area contributed by atoms with Crippen LogP contribution in [0.25, 0.3) is 22.6 Å². The van der Waals surface area contributed by atoms with E-state index >= 15 is 0 Å². The number of hydrogen-bond acceptors (Lipinski definition) is 9. The number of esters is 1. The number of ether oxygens (including phenoxy) is 2. The molecular weight excluding hydrogens is 552 g/mol. The van der Waals surface area contributed by atoms with Gasteiger partial charge < -0.3 is 13.9 Å². The van der Waals surface area contributed by atoms with Crippen LogP contribution in [0, 0.1) is 0 Å². The third-order valence-electron chi connectivity index (χ3n) is 6.61. The molecule has 0 bridgehead atoms. The van der Waals surface area contributed by atoms with E-state index < -0.39 is 6.23 Å². The van der Waals surface area contributed by atoms with Gasteiger partial charge in [-0.05, 0) is 42.8 Å². The second-order valence-corrected chi connectivity index (χ2v) is 10.3. The number of benzene rings is 3. The van der Waals surface area contributed by atoms with E-state index in [1.807, 2.05) is 54.6 Å². The quantitative estimate of drug-likeness (QED) is 0.154. The van der Waals surface area contributed by atoms with E-state index in [0.29, 0.717) is 51.5 Å². The van der Waals surface area contributed by atoms with E-state index in [9.17, 15) is 9.59 Å². The number of carbonyl (C=O) groups excluding carboxylic acids is 2. The van der Waals surface area contributed by atoms with Gasteiger partial charge in [0.15, 0.2) is 11.5 Å². The standard InChI is InChI=1S/C32H26N4O5S/c1-3-39-31(38)23-15-13-22(14-16-23)26-17-18-27(40-26)30-36(20(2)37)25-12-8-7-11-24(25)28-29(41-30)33-32(35-34-28)42-19-21-9-5-4-6-10-21/h4-18,30H,3,19H2,1-2H3. The molecule has 1 amide bonds. The fraction of sp³-hybridized carbons (Fsp3) is 0.156. The van der Waals surface area contributed by atoms with Crippen molar-refractivity contribution in [1.82, 2.24) is 15.2 Å². The first-order valence-corrected chi connectivity index (χ1v) is 14.3. The minimum Gasteiger partial charge on any atom is -0.462 e. The van der Waals surface area contributed by atoms with Crippen molar-refractivity contribution in [3.05, 3.63) is 108 Å². The van der Waals surface area contributed by atoms with Crippen LogP contribution >= 0.6 is 11.8 Å². The number of carbonyl (C=O) groups is 2. The van der Waals surface area contributed by atoms with Crippen LogP contribution in [0.1, 0.15) is 41.8 Å². The average Bonchev–Trinajstić information content (AvgIpc) is 3.45. The first-order valence-electron chi connectivity index (χ1n) is 13.4. The summed E-state index contributed by atoms with van der Waals surface area (Å²) in [5.41, 5.74) is 4.04. The Bertz CT molecular complexity index is 1740.